The van der Waals surface area contributed by atoms with Gasteiger partial charge < -0.3 is 14.5 Å². The molecular weight excluding hydrogens is 530 g/mol. The normalized spacial score (nSPS) is 12.1. The molecule has 0 spiro atoms. The molecule has 0 radical (unpaired) electrons. The lowest BCUT2D eigenvalue weighted by molar-refractivity contribution is 0.161. The molecule has 5 rings (SSSR count). The minimum atomic E-state index is -0.328. The summed E-state index contributed by atoms with van der Waals surface area (Å²) >= 11 is 0. The molecule has 212 valence electrons. The summed E-state index contributed by atoms with van der Waals surface area (Å²) in [4.78, 5) is 18.3. The highest BCUT2D eigenvalue weighted by Gasteiger charge is 2.26. The molecule has 11 heteroatoms. The topological polar surface area (TPSA) is 98.2 Å². The fourth-order valence-corrected chi connectivity index (χ4v) is 4.94. The monoisotopic (exact) mass is 560 g/mol. The van der Waals surface area contributed by atoms with E-state index >= 15 is 0 Å². The van der Waals surface area contributed by atoms with Crippen molar-refractivity contribution < 1.29 is 18.3 Å². The van der Waals surface area contributed by atoms with Crippen molar-refractivity contribution in [3.8, 4) is 11.5 Å². The van der Waals surface area contributed by atoms with Gasteiger partial charge in [-0.25, -0.2) is 13.5 Å². The molecule has 2 aromatic heterocycles. The lowest BCUT2D eigenvalue weighted by Gasteiger charge is -2.30. The van der Waals surface area contributed by atoms with Crippen LogP contribution in [0.2, 0.25) is 0 Å². The Morgan fingerprint density at radius 2 is 1.54 bits per heavy atom. The molecule has 0 aliphatic carbocycles. The first-order valence-electron chi connectivity index (χ1n) is 13.2. The minimum absolute atomic E-state index is 0.241. The number of halogens is 2. The fourth-order valence-electron chi connectivity index (χ4n) is 4.94. The summed E-state index contributed by atoms with van der Waals surface area (Å²) in [5.41, 5.74) is 2.62. The Balaban J connectivity index is 1.53. The van der Waals surface area contributed by atoms with Gasteiger partial charge in [-0.3, -0.25) is 9.69 Å². The van der Waals surface area contributed by atoms with Crippen LogP contribution in [0, 0.1) is 11.6 Å². The SMILES string of the molecule is CCC(c1nnnn1Cc1ccc(F)cc1)N(Cc1ccc(F)cc1)Cc1cc2cc(OC)c(OC)cc2[nH]c1=O. The Hall–Kier alpha value is -4.64. The van der Waals surface area contributed by atoms with Crippen LogP contribution in [0.4, 0.5) is 8.78 Å². The maximum absolute atomic E-state index is 13.7. The Morgan fingerprint density at radius 3 is 2.17 bits per heavy atom. The molecule has 9 nitrogen and oxygen atoms in total. The van der Waals surface area contributed by atoms with E-state index in [0.717, 1.165) is 16.5 Å². The Kier molecular flexibility index (Phi) is 8.34. The number of benzene rings is 3. The highest BCUT2D eigenvalue weighted by Crippen LogP contribution is 2.32. The Morgan fingerprint density at radius 1 is 0.902 bits per heavy atom. The van der Waals surface area contributed by atoms with Crippen LogP contribution in [-0.2, 0) is 19.6 Å². The molecule has 5 aromatic rings. The summed E-state index contributed by atoms with van der Waals surface area (Å²) in [6, 6.07) is 17.5. The van der Waals surface area contributed by atoms with Crippen molar-refractivity contribution in [2.75, 3.05) is 14.2 Å². The van der Waals surface area contributed by atoms with Crippen LogP contribution in [0.5, 0.6) is 11.5 Å². The average Bonchev–Trinajstić information content (AvgIpc) is 3.43. The number of fused-ring (bicyclic) bond motifs is 1. The summed E-state index contributed by atoms with van der Waals surface area (Å²) in [5, 5.41) is 13.3. The molecule has 1 N–H and O–H groups in total. The van der Waals surface area contributed by atoms with Gasteiger partial charge in [-0.1, -0.05) is 31.2 Å². The first-order chi connectivity index (χ1) is 19.9. The minimum Gasteiger partial charge on any atom is -0.493 e. The van der Waals surface area contributed by atoms with Crippen molar-refractivity contribution in [2.24, 2.45) is 0 Å². The van der Waals surface area contributed by atoms with E-state index in [-0.39, 0.29) is 29.8 Å². The number of nitrogens with one attached hydrogen (secondary N) is 1. The zero-order valence-corrected chi connectivity index (χ0v) is 23.0. The van der Waals surface area contributed by atoms with E-state index in [9.17, 15) is 13.6 Å². The van der Waals surface area contributed by atoms with Crippen molar-refractivity contribution in [1.29, 1.82) is 0 Å². The van der Waals surface area contributed by atoms with Crippen molar-refractivity contribution in [3.05, 3.63) is 111 Å². The first kappa shape index (κ1) is 27.9. The second-order valence-corrected chi connectivity index (χ2v) is 9.69. The molecule has 0 saturated heterocycles. The number of aromatic nitrogens is 5. The standard InChI is InChI=1S/C30H30F2N6O3/c1-4-26(29-34-35-36-38(29)17-20-7-11-24(32)12-8-20)37(16-19-5-9-23(31)10-6-19)18-22-13-21-14-27(40-2)28(41-3)15-25(21)33-30(22)39/h5-15,26H,4,16-18H2,1-3H3,(H,33,39). The number of hydrogen-bond donors (Lipinski definition) is 1. The quantitative estimate of drug-likeness (QED) is 0.243. The largest absolute Gasteiger partial charge is 0.493 e. The molecule has 3 aromatic carbocycles. The van der Waals surface area contributed by atoms with Gasteiger partial charge >= 0.3 is 0 Å². The van der Waals surface area contributed by atoms with Crippen molar-refractivity contribution >= 4 is 10.9 Å². The lowest BCUT2D eigenvalue weighted by atomic mass is 10.1. The van der Waals surface area contributed by atoms with Gasteiger partial charge in [-0.05, 0) is 64.4 Å². The summed E-state index contributed by atoms with van der Waals surface area (Å²) in [7, 11) is 3.10. The van der Waals surface area contributed by atoms with Crippen molar-refractivity contribution in [3.63, 3.8) is 0 Å². The number of pyridine rings is 1. The molecule has 0 bridgehead atoms. The number of H-pyrrole nitrogens is 1. The van der Waals surface area contributed by atoms with Crippen LogP contribution < -0.4 is 15.0 Å². The molecule has 1 unspecified atom stereocenters. The number of aromatic amines is 1. The fraction of sp³-hybridized carbons (Fsp3) is 0.267. The molecule has 0 aliphatic heterocycles. The molecule has 1 atom stereocenters. The molecule has 0 saturated carbocycles. The van der Waals surface area contributed by atoms with E-state index in [0.29, 0.717) is 47.9 Å². The van der Waals surface area contributed by atoms with Gasteiger partial charge in [0, 0.05) is 30.1 Å². The molecule has 41 heavy (non-hydrogen) atoms. The second kappa shape index (κ2) is 12.3. The predicted molar refractivity (Wildman–Crippen MR) is 150 cm³/mol. The second-order valence-electron chi connectivity index (χ2n) is 9.69. The molecule has 0 aliphatic rings. The lowest BCUT2D eigenvalue weighted by Crippen LogP contribution is -2.32. The number of rotatable bonds is 11. The number of nitrogens with zero attached hydrogens (tertiary/aromatic N) is 5. The summed E-state index contributed by atoms with van der Waals surface area (Å²) in [5.74, 6) is 1.01. The van der Waals surface area contributed by atoms with Gasteiger partial charge in [0.05, 0.1) is 32.3 Å². The summed E-state index contributed by atoms with van der Waals surface area (Å²) < 4.78 is 39.7. The van der Waals surface area contributed by atoms with E-state index in [2.05, 4.69) is 25.4 Å². The van der Waals surface area contributed by atoms with Crippen LogP contribution in [0.15, 0.2) is 71.5 Å². The number of methoxy groups -OCH3 is 2. The summed E-state index contributed by atoms with van der Waals surface area (Å²) in [6.07, 6.45) is 0.626. The van der Waals surface area contributed by atoms with Gasteiger partial charge in [0.1, 0.15) is 11.6 Å². The van der Waals surface area contributed by atoms with Gasteiger partial charge in [-0.2, -0.15) is 0 Å². The smallest absolute Gasteiger partial charge is 0.252 e. The average molecular weight is 561 g/mol. The van der Waals surface area contributed by atoms with Gasteiger partial charge in [0.25, 0.3) is 5.56 Å². The highest BCUT2D eigenvalue weighted by molar-refractivity contribution is 5.83. The molecule has 0 fully saturated rings. The van der Waals surface area contributed by atoms with E-state index in [4.69, 9.17) is 9.47 Å². The maximum Gasteiger partial charge on any atom is 0.252 e. The zero-order chi connectivity index (χ0) is 28.9. The highest BCUT2D eigenvalue weighted by atomic mass is 19.1. The van der Waals surface area contributed by atoms with Gasteiger partial charge in [0.2, 0.25) is 0 Å². The molecular formula is C30H30F2N6O3. The summed E-state index contributed by atoms with van der Waals surface area (Å²) in [6.45, 7) is 3.03. The van der Waals surface area contributed by atoms with Gasteiger partial charge in [0.15, 0.2) is 17.3 Å². The van der Waals surface area contributed by atoms with E-state index in [1.165, 1.54) is 31.4 Å². The van der Waals surface area contributed by atoms with E-state index in [1.807, 2.05) is 19.1 Å². The van der Waals surface area contributed by atoms with E-state index < -0.39 is 0 Å². The van der Waals surface area contributed by atoms with Crippen molar-refractivity contribution in [1.82, 2.24) is 30.1 Å². The van der Waals surface area contributed by atoms with Crippen LogP contribution >= 0.6 is 0 Å². The van der Waals surface area contributed by atoms with Crippen molar-refractivity contribution in [2.45, 2.75) is 39.0 Å². The molecule has 2 heterocycles. The number of hydrogen-bond acceptors (Lipinski definition) is 7. The van der Waals surface area contributed by atoms with Crippen LogP contribution in [0.1, 0.15) is 41.9 Å². The third kappa shape index (κ3) is 6.25. The zero-order valence-electron chi connectivity index (χ0n) is 23.0. The van der Waals surface area contributed by atoms with E-state index in [1.54, 1.807) is 42.1 Å². The van der Waals surface area contributed by atoms with Crippen LogP contribution in [-0.4, -0.2) is 44.3 Å². The maximum atomic E-state index is 13.7. The Labute approximate surface area is 235 Å². The third-order valence-corrected chi connectivity index (χ3v) is 7.03. The van der Waals surface area contributed by atoms with Gasteiger partial charge in [-0.15, -0.1) is 5.10 Å². The number of ether oxygens (including phenoxy) is 2. The first-order valence-corrected chi connectivity index (χ1v) is 13.2. The van der Waals surface area contributed by atoms with Crippen LogP contribution in [0.3, 0.4) is 0 Å². The predicted octanol–water partition coefficient (Wildman–Crippen LogP) is 5.01. The Bertz CT molecular complexity index is 1690. The van der Waals surface area contributed by atoms with Crippen LogP contribution in [0.25, 0.3) is 10.9 Å². The third-order valence-electron chi connectivity index (χ3n) is 7.03. The molecule has 0 amide bonds. The number of tetrazole rings is 1.